The number of esters is 1. The van der Waals surface area contributed by atoms with Crippen molar-refractivity contribution in [3.63, 3.8) is 0 Å². The molecule has 1 fully saturated rings. The molecule has 4 heteroatoms. The van der Waals surface area contributed by atoms with Gasteiger partial charge < -0.3 is 14.7 Å². The number of hydrogen-bond donors (Lipinski definition) is 1. The Morgan fingerprint density at radius 2 is 2.25 bits per heavy atom. The maximum atomic E-state index is 11.2. The van der Waals surface area contributed by atoms with E-state index < -0.39 is 6.10 Å². The van der Waals surface area contributed by atoms with E-state index in [0.717, 1.165) is 19.5 Å². The average molecular weight is 229 g/mol. The number of nitrogens with zero attached hydrogens (tertiary/aromatic N) is 1. The van der Waals surface area contributed by atoms with E-state index in [1.54, 1.807) is 6.92 Å². The number of aliphatic hydroxyl groups is 1. The van der Waals surface area contributed by atoms with Gasteiger partial charge in [0.15, 0.2) is 0 Å². The van der Waals surface area contributed by atoms with E-state index in [1.165, 1.54) is 0 Å². The van der Waals surface area contributed by atoms with Crippen LogP contribution in [0.5, 0.6) is 0 Å². The maximum absolute atomic E-state index is 11.2. The van der Waals surface area contributed by atoms with Crippen LogP contribution in [0.2, 0.25) is 0 Å². The highest BCUT2D eigenvalue weighted by atomic mass is 16.5. The molecule has 0 saturated carbocycles. The molecule has 0 aromatic heterocycles. The van der Waals surface area contributed by atoms with Crippen molar-refractivity contribution in [1.82, 2.24) is 4.90 Å². The van der Waals surface area contributed by atoms with Crippen LogP contribution in [0.3, 0.4) is 0 Å². The van der Waals surface area contributed by atoms with Gasteiger partial charge in [-0.05, 0) is 25.3 Å². The van der Waals surface area contributed by atoms with Gasteiger partial charge in [0.2, 0.25) is 0 Å². The minimum atomic E-state index is -0.604. The Balaban J connectivity index is 2.24. The van der Waals surface area contributed by atoms with Crippen molar-refractivity contribution in [2.24, 2.45) is 5.41 Å². The van der Waals surface area contributed by atoms with E-state index in [2.05, 4.69) is 18.7 Å². The van der Waals surface area contributed by atoms with Gasteiger partial charge in [-0.3, -0.25) is 4.79 Å². The first-order valence-electron chi connectivity index (χ1n) is 5.99. The van der Waals surface area contributed by atoms with Crippen molar-refractivity contribution < 1.29 is 14.6 Å². The van der Waals surface area contributed by atoms with E-state index in [4.69, 9.17) is 4.74 Å². The van der Waals surface area contributed by atoms with Crippen LogP contribution in [0.4, 0.5) is 0 Å². The lowest BCUT2D eigenvalue weighted by molar-refractivity contribution is -0.145. The van der Waals surface area contributed by atoms with Crippen LogP contribution in [0.1, 0.15) is 33.6 Å². The van der Waals surface area contributed by atoms with E-state index in [0.29, 0.717) is 18.6 Å². The van der Waals surface area contributed by atoms with Crippen molar-refractivity contribution in [2.75, 3.05) is 26.2 Å². The van der Waals surface area contributed by atoms with Crippen LogP contribution in [0, 0.1) is 5.41 Å². The zero-order valence-corrected chi connectivity index (χ0v) is 10.5. The van der Waals surface area contributed by atoms with Gasteiger partial charge in [0.05, 0.1) is 19.1 Å². The van der Waals surface area contributed by atoms with Gasteiger partial charge in [-0.25, -0.2) is 0 Å². The third kappa shape index (κ3) is 4.49. The molecule has 1 unspecified atom stereocenters. The lowest BCUT2D eigenvalue weighted by Gasteiger charge is -2.21. The Kier molecular flexibility index (Phi) is 4.74. The summed E-state index contributed by atoms with van der Waals surface area (Å²) < 4.78 is 4.80. The Morgan fingerprint density at radius 3 is 2.75 bits per heavy atom. The third-order valence-electron chi connectivity index (χ3n) is 2.93. The first kappa shape index (κ1) is 13.5. The second kappa shape index (κ2) is 5.64. The summed E-state index contributed by atoms with van der Waals surface area (Å²) in [6.45, 7) is 9.17. The number of likely N-dealkylation sites (tertiary alicyclic amines) is 1. The highest BCUT2D eigenvalue weighted by molar-refractivity contribution is 5.69. The molecule has 0 spiro atoms. The fourth-order valence-electron chi connectivity index (χ4n) is 2.15. The third-order valence-corrected chi connectivity index (χ3v) is 2.93. The molecule has 1 rings (SSSR count). The highest BCUT2D eigenvalue weighted by Crippen LogP contribution is 2.28. The number of hydrogen-bond acceptors (Lipinski definition) is 4. The van der Waals surface area contributed by atoms with E-state index >= 15 is 0 Å². The Morgan fingerprint density at radius 1 is 1.56 bits per heavy atom. The summed E-state index contributed by atoms with van der Waals surface area (Å²) in [5.74, 6) is -0.312. The molecule has 1 heterocycles. The van der Waals surface area contributed by atoms with Gasteiger partial charge in [-0.2, -0.15) is 0 Å². The van der Waals surface area contributed by atoms with Gasteiger partial charge in [0.1, 0.15) is 0 Å². The van der Waals surface area contributed by atoms with Gasteiger partial charge in [0.25, 0.3) is 0 Å². The molecule has 1 saturated heterocycles. The van der Waals surface area contributed by atoms with Crippen molar-refractivity contribution in [1.29, 1.82) is 0 Å². The first-order chi connectivity index (χ1) is 7.43. The number of rotatable bonds is 5. The summed E-state index contributed by atoms with van der Waals surface area (Å²) >= 11 is 0. The zero-order chi connectivity index (χ0) is 12.2. The van der Waals surface area contributed by atoms with Crippen LogP contribution < -0.4 is 0 Å². The molecule has 0 radical (unpaired) electrons. The Labute approximate surface area is 97.6 Å². The van der Waals surface area contributed by atoms with Crippen LogP contribution >= 0.6 is 0 Å². The summed E-state index contributed by atoms with van der Waals surface area (Å²) in [7, 11) is 0. The molecule has 1 aliphatic heterocycles. The topological polar surface area (TPSA) is 49.8 Å². The van der Waals surface area contributed by atoms with E-state index in [-0.39, 0.29) is 12.4 Å². The molecule has 4 nitrogen and oxygen atoms in total. The SMILES string of the molecule is CCOC(=O)CC(O)CN1CCC(C)(C)C1. The van der Waals surface area contributed by atoms with Gasteiger partial charge in [0, 0.05) is 13.1 Å². The first-order valence-corrected chi connectivity index (χ1v) is 5.99. The highest BCUT2D eigenvalue weighted by Gasteiger charge is 2.30. The van der Waals surface area contributed by atoms with Gasteiger partial charge in [-0.1, -0.05) is 13.8 Å². The summed E-state index contributed by atoms with van der Waals surface area (Å²) in [6, 6.07) is 0. The molecule has 0 amide bonds. The predicted octanol–water partition coefficient (Wildman–Crippen LogP) is 1.03. The number of β-amino-alcohol motifs (C(OH)–C–C–N with tert-alkyl or cyclic N) is 1. The number of carbonyl (C=O) groups excluding carboxylic acids is 1. The molecule has 1 aliphatic rings. The number of ether oxygens (including phenoxy) is 1. The molecule has 0 aromatic rings. The standard InChI is InChI=1S/C12H23NO3/c1-4-16-11(15)7-10(14)8-13-6-5-12(2,3)9-13/h10,14H,4-9H2,1-3H3. The monoisotopic (exact) mass is 229 g/mol. The fourth-order valence-corrected chi connectivity index (χ4v) is 2.15. The van der Waals surface area contributed by atoms with Gasteiger partial charge >= 0.3 is 5.97 Å². The molecule has 0 aliphatic carbocycles. The molecular formula is C12H23NO3. The maximum Gasteiger partial charge on any atom is 0.308 e. The van der Waals surface area contributed by atoms with Crippen LogP contribution in [0.15, 0.2) is 0 Å². The predicted molar refractivity (Wildman–Crippen MR) is 62.1 cm³/mol. The second-order valence-electron chi connectivity index (χ2n) is 5.31. The molecular weight excluding hydrogens is 206 g/mol. The molecule has 0 aromatic carbocycles. The van der Waals surface area contributed by atoms with Crippen molar-refractivity contribution >= 4 is 5.97 Å². The van der Waals surface area contributed by atoms with E-state index in [9.17, 15) is 9.90 Å². The number of carbonyl (C=O) groups is 1. The summed E-state index contributed by atoms with van der Waals surface area (Å²) in [5, 5.41) is 9.73. The second-order valence-corrected chi connectivity index (χ2v) is 5.31. The minimum absolute atomic E-state index is 0.102. The van der Waals surface area contributed by atoms with Crippen molar-refractivity contribution in [2.45, 2.75) is 39.7 Å². The molecule has 0 bridgehead atoms. The fraction of sp³-hybridized carbons (Fsp3) is 0.917. The Bertz CT molecular complexity index is 240. The smallest absolute Gasteiger partial charge is 0.308 e. The van der Waals surface area contributed by atoms with E-state index in [1.807, 2.05) is 0 Å². The van der Waals surface area contributed by atoms with Crippen LogP contribution in [-0.4, -0.2) is 48.3 Å². The largest absolute Gasteiger partial charge is 0.466 e. The van der Waals surface area contributed by atoms with Gasteiger partial charge in [-0.15, -0.1) is 0 Å². The van der Waals surface area contributed by atoms with Crippen LogP contribution in [0.25, 0.3) is 0 Å². The summed E-state index contributed by atoms with van der Waals surface area (Å²) in [6.07, 6.45) is 0.650. The Hall–Kier alpha value is -0.610. The van der Waals surface area contributed by atoms with Crippen LogP contribution in [-0.2, 0) is 9.53 Å². The quantitative estimate of drug-likeness (QED) is 0.715. The normalized spacial score (nSPS) is 22.0. The zero-order valence-electron chi connectivity index (χ0n) is 10.5. The average Bonchev–Trinajstić information content (AvgIpc) is 2.45. The molecule has 94 valence electrons. The summed E-state index contributed by atoms with van der Waals surface area (Å²) in [5.41, 5.74) is 0.337. The van der Waals surface area contributed by atoms with Crippen molar-refractivity contribution in [3.8, 4) is 0 Å². The molecule has 16 heavy (non-hydrogen) atoms. The lowest BCUT2D eigenvalue weighted by Crippen LogP contribution is -2.33. The minimum Gasteiger partial charge on any atom is -0.466 e. The summed E-state index contributed by atoms with van der Waals surface area (Å²) in [4.78, 5) is 13.4. The molecule has 1 atom stereocenters. The molecule has 1 N–H and O–H groups in total. The lowest BCUT2D eigenvalue weighted by atomic mass is 9.93. The van der Waals surface area contributed by atoms with Crippen molar-refractivity contribution in [3.05, 3.63) is 0 Å². The number of aliphatic hydroxyl groups excluding tert-OH is 1.